The third-order valence-corrected chi connectivity index (χ3v) is 7.28. The zero-order valence-electron chi connectivity index (χ0n) is 18.9. The molecular formula is C27H19ClF3N3O2. The van der Waals surface area contributed by atoms with Crippen molar-refractivity contribution in [2.45, 2.75) is 31.6 Å². The van der Waals surface area contributed by atoms with Gasteiger partial charge in [-0.25, -0.2) is 9.69 Å². The summed E-state index contributed by atoms with van der Waals surface area (Å²) in [6, 6.07) is 15.8. The van der Waals surface area contributed by atoms with Crippen LogP contribution in [0.2, 0.25) is 5.02 Å². The van der Waals surface area contributed by atoms with Gasteiger partial charge in [-0.2, -0.15) is 13.2 Å². The van der Waals surface area contributed by atoms with E-state index >= 15 is 0 Å². The number of nitrogens with zero attached hydrogens (tertiary/aromatic N) is 2. The SMILES string of the molecule is Cc1ccc([C@H]2c3[nH]c4ccccc4c3C[C@H]3C(=O)N(c4cc(C(F)(F)F)ccc4Cl)C(=O)N23)cc1. The maximum atomic E-state index is 13.8. The first-order chi connectivity index (χ1) is 17.1. The monoisotopic (exact) mass is 509 g/mol. The smallest absolute Gasteiger partial charge is 0.356 e. The number of benzene rings is 3. The van der Waals surface area contributed by atoms with E-state index in [0.717, 1.165) is 56.4 Å². The molecule has 6 rings (SSSR count). The molecule has 1 N–H and O–H groups in total. The van der Waals surface area contributed by atoms with E-state index in [1.165, 1.54) is 4.90 Å². The number of anilines is 1. The van der Waals surface area contributed by atoms with Gasteiger partial charge in [0, 0.05) is 23.0 Å². The van der Waals surface area contributed by atoms with Crippen molar-refractivity contribution in [2.24, 2.45) is 0 Å². The lowest BCUT2D eigenvalue weighted by Crippen LogP contribution is -2.44. The Bertz CT molecular complexity index is 1540. The number of para-hydroxylation sites is 1. The van der Waals surface area contributed by atoms with Crippen LogP contribution in [-0.4, -0.2) is 27.9 Å². The van der Waals surface area contributed by atoms with E-state index in [9.17, 15) is 22.8 Å². The summed E-state index contributed by atoms with van der Waals surface area (Å²) in [5.74, 6) is -0.603. The summed E-state index contributed by atoms with van der Waals surface area (Å²) in [5.41, 5.74) is 3.15. The van der Waals surface area contributed by atoms with Crippen LogP contribution in [0, 0.1) is 6.92 Å². The molecule has 0 bridgehead atoms. The van der Waals surface area contributed by atoms with Crippen LogP contribution in [0.4, 0.5) is 23.7 Å². The average Bonchev–Trinajstić information content (AvgIpc) is 3.33. The van der Waals surface area contributed by atoms with Crippen molar-refractivity contribution in [2.75, 3.05) is 4.90 Å². The first kappa shape index (κ1) is 22.7. The van der Waals surface area contributed by atoms with Crippen LogP contribution in [0.15, 0.2) is 66.7 Å². The summed E-state index contributed by atoms with van der Waals surface area (Å²) >= 11 is 6.23. The minimum Gasteiger partial charge on any atom is -0.356 e. The Morgan fingerprint density at radius 3 is 2.44 bits per heavy atom. The molecule has 0 unspecified atom stereocenters. The van der Waals surface area contributed by atoms with Gasteiger partial charge in [0.1, 0.15) is 12.1 Å². The van der Waals surface area contributed by atoms with Gasteiger partial charge in [0.2, 0.25) is 0 Å². The number of aryl methyl sites for hydroxylation is 1. The number of carbonyl (C=O) groups is 2. The predicted octanol–water partition coefficient (Wildman–Crippen LogP) is 6.63. The van der Waals surface area contributed by atoms with Gasteiger partial charge in [0.15, 0.2) is 0 Å². The number of nitrogens with one attached hydrogen (secondary N) is 1. The van der Waals surface area contributed by atoms with Gasteiger partial charge in [-0.3, -0.25) is 9.69 Å². The first-order valence-electron chi connectivity index (χ1n) is 11.3. The van der Waals surface area contributed by atoms with Gasteiger partial charge in [-0.1, -0.05) is 59.6 Å². The molecule has 2 atom stereocenters. The lowest BCUT2D eigenvalue weighted by atomic mass is 9.88. The van der Waals surface area contributed by atoms with Crippen molar-refractivity contribution < 1.29 is 22.8 Å². The minimum atomic E-state index is -4.65. The summed E-state index contributed by atoms with van der Waals surface area (Å²) in [4.78, 5) is 33.2. The van der Waals surface area contributed by atoms with E-state index in [0.29, 0.717) is 0 Å². The second-order valence-electron chi connectivity index (χ2n) is 9.12. The number of halogens is 4. The number of fused-ring (bicyclic) bond motifs is 4. The topological polar surface area (TPSA) is 56.4 Å². The third-order valence-electron chi connectivity index (χ3n) is 6.96. The highest BCUT2D eigenvalue weighted by atomic mass is 35.5. The van der Waals surface area contributed by atoms with Crippen molar-refractivity contribution in [1.82, 2.24) is 9.88 Å². The quantitative estimate of drug-likeness (QED) is 0.308. The second-order valence-corrected chi connectivity index (χ2v) is 9.53. The molecule has 2 aliphatic rings. The molecular weight excluding hydrogens is 491 g/mol. The number of aromatic nitrogens is 1. The standard InChI is InChI=1S/C27H19ClF3N3O2/c1-14-6-8-15(9-7-14)24-23-18(17-4-2-3-5-20(17)32-23)13-22-25(35)34(26(36)33(22)24)21-12-16(27(29,30)31)10-11-19(21)28/h2-12,22,24,32H,13H2,1H3/t22-,24-/m0/s1. The molecule has 4 aromatic rings. The van der Waals surface area contributed by atoms with E-state index in [1.54, 1.807) is 0 Å². The largest absolute Gasteiger partial charge is 0.416 e. The van der Waals surface area contributed by atoms with Crippen LogP contribution in [0.25, 0.3) is 10.9 Å². The van der Waals surface area contributed by atoms with Crippen molar-refractivity contribution in [3.63, 3.8) is 0 Å². The van der Waals surface area contributed by atoms with Gasteiger partial charge in [-0.05, 0) is 42.3 Å². The van der Waals surface area contributed by atoms with Crippen molar-refractivity contribution in [1.29, 1.82) is 0 Å². The average molecular weight is 510 g/mol. The molecule has 3 amide bonds. The van der Waals surface area contributed by atoms with Crippen molar-refractivity contribution in [3.8, 4) is 0 Å². The molecule has 5 nitrogen and oxygen atoms in total. The Morgan fingerprint density at radius 2 is 1.72 bits per heavy atom. The maximum Gasteiger partial charge on any atom is 0.416 e. The molecule has 0 saturated carbocycles. The Morgan fingerprint density at radius 1 is 1.00 bits per heavy atom. The molecule has 9 heteroatoms. The van der Waals surface area contributed by atoms with Crippen molar-refractivity contribution in [3.05, 3.63) is 99.7 Å². The predicted molar refractivity (Wildman–Crippen MR) is 130 cm³/mol. The number of hydrogen-bond acceptors (Lipinski definition) is 2. The fraction of sp³-hybridized carbons (Fsp3) is 0.185. The zero-order chi connectivity index (χ0) is 25.4. The highest BCUT2D eigenvalue weighted by molar-refractivity contribution is 6.36. The van der Waals surface area contributed by atoms with Gasteiger partial charge in [-0.15, -0.1) is 0 Å². The van der Waals surface area contributed by atoms with E-state index in [-0.39, 0.29) is 17.1 Å². The van der Waals surface area contributed by atoms with Gasteiger partial charge in [0.05, 0.1) is 16.3 Å². The van der Waals surface area contributed by atoms with E-state index in [2.05, 4.69) is 4.98 Å². The second kappa shape index (κ2) is 7.86. The van der Waals surface area contributed by atoms with E-state index in [4.69, 9.17) is 11.6 Å². The normalized spacial score (nSPS) is 19.7. The Balaban J connectivity index is 1.53. The van der Waals surface area contributed by atoms with E-state index < -0.39 is 35.8 Å². The van der Waals surface area contributed by atoms with Crippen LogP contribution in [-0.2, 0) is 17.4 Å². The number of rotatable bonds is 2. The number of aromatic amines is 1. The zero-order valence-corrected chi connectivity index (χ0v) is 19.7. The highest BCUT2D eigenvalue weighted by Crippen LogP contribution is 2.46. The van der Waals surface area contributed by atoms with Crippen LogP contribution in [0.3, 0.4) is 0 Å². The van der Waals surface area contributed by atoms with Gasteiger partial charge in [0.25, 0.3) is 5.91 Å². The number of urea groups is 1. The number of hydrogen-bond donors (Lipinski definition) is 1. The fourth-order valence-corrected chi connectivity index (χ4v) is 5.45. The highest BCUT2D eigenvalue weighted by Gasteiger charge is 2.53. The molecule has 1 fully saturated rings. The molecule has 182 valence electrons. The summed E-state index contributed by atoms with van der Waals surface area (Å²) in [6.45, 7) is 1.95. The van der Waals surface area contributed by atoms with Gasteiger partial charge < -0.3 is 4.98 Å². The Hall–Kier alpha value is -3.78. The molecule has 36 heavy (non-hydrogen) atoms. The Labute approximate surface area is 209 Å². The van der Waals surface area contributed by atoms with Crippen LogP contribution in [0.5, 0.6) is 0 Å². The summed E-state index contributed by atoms with van der Waals surface area (Å²) < 4.78 is 40.3. The van der Waals surface area contributed by atoms with Crippen LogP contribution < -0.4 is 4.90 Å². The molecule has 0 radical (unpaired) electrons. The third kappa shape index (κ3) is 3.32. The number of alkyl halides is 3. The molecule has 3 aromatic carbocycles. The number of H-pyrrole nitrogens is 1. The molecule has 3 heterocycles. The number of carbonyl (C=O) groups excluding carboxylic acids is 2. The van der Waals surface area contributed by atoms with Gasteiger partial charge >= 0.3 is 12.2 Å². The summed E-state index contributed by atoms with van der Waals surface area (Å²) in [5, 5.41) is 0.834. The van der Waals surface area contributed by atoms with Crippen LogP contribution in [0.1, 0.15) is 34.0 Å². The summed E-state index contributed by atoms with van der Waals surface area (Å²) in [6.07, 6.45) is -4.42. The Kier molecular flexibility index (Phi) is 4.95. The number of imide groups is 1. The summed E-state index contributed by atoms with van der Waals surface area (Å²) in [7, 11) is 0. The molecule has 2 aliphatic heterocycles. The molecule has 0 aliphatic carbocycles. The maximum absolute atomic E-state index is 13.8. The first-order valence-corrected chi connectivity index (χ1v) is 11.7. The molecule has 1 aromatic heterocycles. The lowest BCUT2D eigenvalue weighted by Gasteiger charge is -2.36. The lowest BCUT2D eigenvalue weighted by molar-refractivity contribution is -0.137. The van der Waals surface area contributed by atoms with Crippen molar-refractivity contribution >= 4 is 40.1 Å². The minimum absolute atomic E-state index is 0.111. The fourth-order valence-electron chi connectivity index (χ4n) is 5.25. The number of amides is 3. The van der Waals surface area contributed by atoms with E-state index in [1.807, 2.05) is 55.5 Å². The van der Waals surface area contributed by atoms with Crippen LogP contribution >= 0.6 is 11.6 Å². The molecule has 1 saturated heterocycles. The molecule has 0 spiro atoms.